The predicted molar refractivity (Wildman–Crippen MR) is 124 cm³/mol. The molecule has 2 aliphatic rings. The molecule has 1 atom stereocenters. The number of hydrogen-bond acceptors (Lipinski definition) is 3. The number of aromatic nitrogens is 2. The summed E-state index contributed by atoms with van der Waals surface area (Å²) in [7, 11) is 0. The van der Waals surface area contributed by atoms with E-state index in [0.29, 0.717) is 11.8 Å². The van der Waals surface area contributed by atoms with Gasteiger partial charge in [-0.15, -0.1) is 0 Å². The lowest BCUT2D eigenvalue weighted by atomic mass is 9.74. The van der Waals surface area contributed by atoms with Gasteiger partial charge in [0.1, 0.15) is 0 Å². The van der Waals surface area contributed by atoms with E-state index in [1.165, 1.54) is 95.6 Å². The van der Waals surface area contributed by atoms with Gasteiger partial charge < -0.3 is 0 Å². The molecule has 0 bridgehead atoms. The van der Waals surface area contributed by atoms with Crippen molar-refractivity contribution >= 4 is 0 Å². The van der Waals surface area contributed by atoms with Crippen molar-refractivity contribution in [2.75, 3.05) is 0 Å². The number of nitrogens with zero attached hydrogens (tertiary/aromatic N) is 3. The standard InChI is InChI=1S/C27H43N3/c1-3-5-6-8-22-11-15-24(16-12-22)27-18-17-26(29-30-27)19-25(20-28)23-13-9-21(7-4-2)10-14-23/h17-18,21-25H,3-16,19H2,1-2H3/t21-,22-,23-,24-,25?. The molecule has 3 heteroatoms. The maximum absolute atomic E-state index is 9.77. The van der Waals surface area contributed by atoms with Gasteiger partial charge in [-0.2, -0.15) is 15.5 Å². The maximum atomic E-state index is 9.77. The van der Waals surface area contributed by atoms with Gasteiger partial charge in [0.05, 0.1) is 23.4 Å². The van der Waals surface area contributed by atoms with Crippen LogP contribution < -0.4 is 0 Å². The molecular formula is C27H43N3. The second-order valence-electron chi connectivity index (χ2n) is 10.2. The van der Waals surface area contributed by atoms with Crippen LogP contribution in [0.15, 0.2) is 12.1 Å². The third-order valence-electron chi connectivity index (χ3n) is 7.97. The van der Waals surface area contributed by atoms with Crippen LogP contribution in [0.5, 0.6) is 0 Å². The van der Waals surface area contributed by atoms with E-state index in [1.54, 1.807) is 0 Å². The number of rotatable bonds is 10. The van der Waals surface area contributed by atoms with E-state index < -0.39 is 0 Å². The van der Waals surface area contributed by atoms with Gasteiger partial charge in [-0.25, -0.2) is 0 Å². The van der Waals surface area contributed by atoms with Crippen LogP contribution in [0.2, 0.25) is 0 Å². The summed E-state index contributed by atoms with van der Waals surface area (Å²) in [5.41, 5.74) is 2.19. The lowest BCUT2D eigenvalue weighted by molar-refractivity contribution is 0.222. The van der Waals surface area contributed by atoms with Crippen LogP contribution in [0.3, 0.4) is 0 Å². The van der Waals surface area contributed by atoms with Crippen molar-refractivity contribution in [1.82, 2.24) is 10.2 Å². The van der Waals surface area contributed by atoms with E-state index in [-0.39, 0.29) is 5.92 Å². The van der Waals surface area contributed by atoms with E-state index in [0.717, 1.165) is 24.0 Å². The predicted octanol–water partition coefficient (Wildman–Crippen LogP) is 7.62. The van der Waals surface area contributed by atoms with Crippen LogP contribution in [-0.4, -0.2) is 10.2 Å². The van der Waals surface area contributed by atoms with Crippen molar-refractivity contribution in [2.24, 2.45) is 23.7 Å². The molecule has 0 N–H and O–H groups in total. The highest BCUT2D eigenvalue weighted by Crippen LogP contribution is 2.38. The molecule has 0 amide bonds. The van der Waals surface area contributed by atoms with Crippen molar-refractivity contribution < 1.29 is 0 Å². The van der Waals surface area contributed by atoms with Gasteiger partial charge >= 0.3 is 0 Å². The Hall–Kier alpha value is -1.43. The van der Waals surface area contributed by atoms with Crippen molar-refractivity contribution in [3.8, 4) is 6.07 Å². The summed E-state index contributed by atoms with van der Waals surface area (Å²) >= 11 is 0. The van der Waals surface area contributed by atoms with Crippen molar-refractivity contribution in [3.05, 3.63) is 23.5 Å². The van der Waals surface area contributed by atoms with E-state index in [2.05, 4.69) is 42.2 Å². The average molecular weight is 410 g/mol. The Labute approximate surface area is 185 Å². The topological polar surface area (TPSA) is 49.6 Å². The highest BCUT2D eigenvalue weighted by Gasteiger charge is 2.28. The lowest BCUT2D eigenvalue weighted by Crippen LogP contribution is -2.23. The fraction of sp³-hybridized carbons (Fsp3) is 0.815. The Morgan fingerprint density at radius 2 is 1.57 bits per heavy atom. The normalized spacial score (nSPS) is 28.0. The van der Waals surface area contributed by atoms with Crippen LogP contribution in [0.1, 0.15) is 121 Å². The molecule has 2 fully saturated rings. The van der Waals surface area contributed by atoms with E-state index in [9.17, 15) is 5.26 Å². The summed E-state index contributed by atoms with van der Waals surface area (Å²) in [5.74, 6) is 3.07. The number of nitriles is 1. The number of unbranched alkanes of at least 4 members (excludes halogenated alkanes) is 2. The first kappa shape index (κ1) is 23.2. The van der Waals surface area contributed by atoms with E-state index in [4.69, 9.17) is 0 Å². The Morgan fingerprint density at radius 3 is 2.17 bits per heavy atom. The van der Waals surface area contributed by atoms with Crippen molar-refractivity contribution in [3.63, 3.8) is 0 Å². The zero-order valence-corrected chi connectivity index (χ0v) is 19.5. The highest BCUT2D eigenvalue weighted by atomic mass is 15.1. The minimum Gasteiger partial charge on any atom is -0.198 e. The van der Waals surface area contributed by atoms with Gasteiger partial charge in [0.2, 0.25) is 0 Å². The fourth-order valence-corrected chi connectivity index (χ4v) is 5.96. The van der Waals surface area contributed by atoms with Crippen LogP contribution >= 0.6 is 0 Å². The molecule has 1 aromatic rings. The first-order valence-electron chi connectivity index (χ1n) is 13.0. The second-order valence-corrected chi connectivity index (χ2v) is 10.2. The van der Waals surface area contributed by atoms with Gasteiger partial charge in [-0.3, -0.25) is 0 Å². The molecule has 2 saturated carbocycles. The minimum atomic E-state index is 0.103. The lowest BCUT2D eigenvalue weighted by Gasteiger charge is -2.31. The minimum absolute atomic E-state index is 0.103. The van der Waals surface area contributed by atoms with Crippen LogP contribution in [0.25, 0.3) is 0 Å². The first-order valence-corrected chi connectivity index (χ1v) is 13.0. The monoisotopic (exact) mass is 409 g/mol. The molecule has 0 spiro atoms. The number of hydrogen-bond donors (Lipinski definition) is 0. The Bertz CT molecular complexity index is 631. The molecule has 0 aromatic carbocycles. The van der Waals surface area contributed by atoms with Gasteiger partial charge in [0.25, 0.3) is 0 Å². The summed E-state index contributed by atoms with van der Waals surface area (Å²) in [4.78, 5) is 0. The molecule has 3 rings (SSSR count). The van der Waals surface area contributed by atoms with Gasteiger partial charge in [-0.1, -0.05) is 65.2 Å². The zero-order chi connectivity index (χ0) is 21.2. The molecule has 0 saturated heterocycles. The Morgan fingerprint density at radius 1 is 0.867 bits per heavy atom. The first-order chi connectivity index (χ1) is 14.7. The summed E-state index contributed by atoms with van der Waals surface area (Å²) in [6, 6.07) is 6.96. The molecule has 2 aliphatic carbocycles. The largest absolute Gasteiger partial charge is 0.198 e. The molecular weight excluding hydrogens is 366 g/mol. The summed E-state index contributed by atoms with van der Waals surface area (Å²) in [5, 5.41) is 18.9. The smallest absolute Gasteiger partial charge is 0.0662 e. The molecule has 1 aromatic heterocycles. The third-order valence-corrected chi connectivity index (χ3v) is 7.97. The molecule has 166 valence electrons. The highest BCUT2D eigenvalue weighted by molar-refractivity contribution is 5.13. The average Bonchev–Trinajstić information content (AvgIpc) is 2.79. The third kappa shape index (κ3) is 6.79. The van der Waals surface area contributed by atoms with Gasteiger partial charge in [0, 0.05) is 12.3 Å². The van der Waals surface area contributed by atoms with E-state index in [1.807, 2.05) is 0 Å². The fourth-order valence-electron chi connectivity index (χ4n) is 5.96. The van der Waals surface area contributed by atoms with E-state index >= 15 is 0 Å². The zero-order valence-electron chi connectivity index (χ0n) is 19.5. The Balaban J connectivity index is 1.46. The van der Waals surface area contributed by atoms with Crippen LogP contribution in [0, 0.1) is 35.0 Å². The molecule has 3 nitrogen and oxygen atoms in total. The molecule has 0 aliphatic heterocycles. The van der Waals surface area contributed by atoms with Crippen LogP contribution in [0.4, 0.5) is 0 Å². The summed E-state index contributed by atoms with van der Waals surface area (Å²) in [6.07, 6.45) is 19.3. The summed E-state index contributed by atoms with van der Waals surface area (Å²) < 4.78 is 0. The van der Waals surface area contributed by atoms with Gasteiger partial charge in [-0.05, 0) is 68.4 Å². The molecule has 1 unspecified atom stereocenters. The summed E-state index contributed by atoms with van der Waals surface area (Å²) in [6.45, 7) is 4.57. The van der Waals surface area contributed by atoms with Crippen molar-refractivity contribution in [1.29, 1.82) is 5.26 Å². The quantitative estimate of drug-likeness (QED) is 0.373. The maximum Gasteiger partial charge on any atom is 0.0662 e. The SMILES string of the molecule is CCCCC[C@H]1CC[C@H](c2ccc(CC(C#N)[C@H]3CC[C@H](CCC)CC3)nn2)CC1. The molecule has 30 heavy (non-hydrogen) atoms. The van der Waals surface area contributed by atoms with Crippen molar-refractivity contribution in [2.45, 2.75) is 116 Å². The second kappa shape index (κ2) is 12.4. The van der Waals surface area contributed by atoms with Crippen LogP contribution in [-0.2, 0) is 6.42 Å². The van der Waals surface area contributed by atoms with Gasteiger partial charge in [0.15, 0.2) is 0 Å². The molecule has 0 radical (unpaired) electrons. The Kier molecular flexibility index (Phi) is 9.63. The molecule has 1 heterocycles.